The fourth-order valence-corrected chi connectivity index (χ4v) is 5.79. The van der Waals surface area contributed by atoms with Gasteiger partial charge in [-0.1, -0.05) is 44.1 Å². The zero-order valence-corrected chi connectivity index (χ0v) is 24.7. The molecule has 10 nitrogen and oxygen atoms in total. The second kappa shape index (κ2) is 9.64. The van der Waals surface area contributed by atoms with Crippen LogP contribution in [-0.4, -0.2) is 40.8 Å². The lowest BCUT2D eigenvalue weighted by atomic mass is 9.77. The van der Waals surface area contributed by atoms with Gasteiger partial charge in [0, 0.05) is 28.9 Å². The highest BCUT2D eigenvalue weighted by atomic mass is 16.5. The first-order chi connectivity index (χ1) is 19.4. The van der Waals surface area contributed by atoms with Crippen LogP contribution < -0.4 is 5.32 Å². The second-order valence-electron chi connectivity index (χ2n) is 12.5. The Morgan fingerprint density at radius 2 is 1.98 bits per heavy atom. The van der Waals surface area contributed by atoms with Crippen LogP contribution in [0, 0.1) is 6.92 Å². The van der Waals surface area contributed by atoms with E-state index in [-0.39, 0.29) is 23.2 Å². The van der Waals surface area contributed by atoms with Gasteiger partial charge < -0.3 is 14.8 Å². The van der Waals surface area contributed by atoms with Crippen molar-refractivity contribution in [1.29, 1.82) is 0 Å². The maximum atomic E-state index is 13.2. The smallest absolute Gasteiger partial charge is 0.293 e. The molecule has 0 spiro atoms. The van der Waals surface area contributed by atoms with Crippen molar-refractivity contribution in [2.75, 3.05) is 0 Å². The number of hydrogen-bond acceptors (Lipinski definition) is 7. The SMILES string of the molecule is Cc1c(-c2nc3nccc(-c4ccc5c(c4)CCC[C@]5(C)NC(=O)c4noc(C(C)(C)C)n4)c3[nH]2)cnn1C(C)C. The van der Waals surface area contributed by atoms with Crippen molar-refractivity contribution in [3.63, 3.8) is 0 Å². The van der Waals surface area contributed by atoms with E-state index in [9.17, 15) is 4.79 Å². The number of aromatic amines is 1. The quantitative estimate of drug-likeness (QED) is 0.272. The van der Waals surface area contributed by atoms with Crippen molar-refractivity contribution >= 4 is 17.1 Å². The normalized spacial score (nSPS) is 17.3. The monoisotopic (exact) mass is 552 g/mol. The largest absolute Gasteiger partial charge is 0.340 e. The molecule has 4 aromatic heterocycles. The van der Waals surface area contributed by atoms with Crippen LogP contribution in [0.15, 0.2) is 41.2 Å². The van der Waals surface area contributed by atoms with E-state index in [1.165, 1.54) is 5.56 Å². The average Bonchev–Trinajstić information content (AvgIpc) is 3.66. The summed E-state index contributed by atoms with van der Waals surface area (Å²) in [6.07, 6.45) is 6.36. The van der Waals surface area contributed by atoms with Gasteiger partial charge in [0.05, 0.1) is 22.8 Å². The number of fused-ring (bicyclic) bond motifs is 2. The number of nitrogens with zero attached hydrogens (tertiary/aromatic N) is 6. The van der Waals surface area contributed by atoms with Gasteiger partial charge in [-0.2, -0.15) is 10.1 Å². The Morgan fingerprint density at radius 3 is 2.68 bits per heavy atom. The molecule has 0 aliphatic heterocycles. The van der Waals surface area contributed by atoms with Crippen molar-refractivity contribution in [3.05, 3.63) is 65.2 Å². The van der Waals surface area contributed by atoms with Gasteiger partial charge in [-0.25, -0.2) is 9.97 Å². The molecule has 0 unspecified atom stereocenters. The molecule has 0 radical (unpaired) electrons. The molecular weight excluding hydrogens is 516 g/mol. The van der Waals surface area contributed by atoms with Crippen molar-refractivity contribution in [2.24, 2.45) is 0 Å². The van der Waals surface area contributed by atoms with Crippen LogP contribution in [0.25, 0.3) is 33.7 Å². The number of carbonyl (C=O) groups is 1. The maximum absolute atomic E-state index is 13.2. The molecule has 212 valence electrons. The lowest BCUT2D eigenvalue weighted by Gasteiger charge is -2.36. The summed E-state index contributed by atoms with van der Waals surface area (Å²) in [6, 6.07) is 8.74. The summed E-state index contributed by atoms with van der Waals surface area (Å²) in [5, 5.41) is 11.7. The number of rotatable bonds is 5. The third kappa shape index (κ3) is 4.71. The van der Waals surface area contributed by atoms with E-state index in [0.29, 0.717) is 11.5 Å². The summed E-state index contributed by atoms with van der Waals surface area (Å²) in [5.74, 6) is 0.925. The molecule has 1 amide bonds. The Kier molecular flexibility index (Phi) is 6.32. The first kappa shape index (κ1) is 26.9. The Balaban J connectivity index is 1.32. The molecule has 2 N–H and O–H groups in total. The van der Waals surface area contributed by atoms with Gasteiger partial charge in [0.25, 0.3) is 11.7 Å². The molecule has 1 atom stereocenters. The Hall–Kier alpha value is -4.34. The van der Waals surface area contributed by atoms with Crippen LogP contribution in [0.4, 0.5) is 0 Å². The lowest BCUT2D eigenvalue weighted by molar-refractivity contribution is 0.0881. The summed E-state index contributed by atoms with van der Waals surface area (Å²) in [6.45, 7) is 14.3. The zero-order valence-electron chi connectivity index (χ0n) is 24.7. The summed E-state index contributed by atoms with van der Waals surface area (Å²) in [4.78, 5) is 30.4. The molecule has 0 saturated heterocycles. The fraction of sp³-hybridized carbons (Fsp3) is 0.419. The highest BCUT2D eigenvalue weighted by Crippen LogP contribution is 2.38. The zero-order chi connectivity index (χ0) is 29.1. The maximum Gasteiger partial charge on any atom is 0.293 e. The van der Waals surface area contributed by atoms with E-state index in [4.69, 9.17) is 9.51 Å². The van der Waals surface area contributed by atoms with Gasteiger partial charge in [0.1, 0.15) is 5.82 Å². The predicted molar refractivity (Wildman–Crippen MR) is 156 cm³/mol. The number of H-pyrrole nitrogens is 1. The van der Waals surface area contributed by atoms with Gasteiger partial charge in [-0.05, 0) is 69.7 Å². The number of pyridine rings is 1. The number of nitrogens with one attached hydrogen (secondary N) is 2. The van der Waals surface area contributed by atoms with Crippen LogP contribution >= 0.6 is 0 Å². The number of benzene rings is 1. The summed E-state index contributed by atoms with van der Waals surface area (Å²) in [7, 11) is 0. The summed E-state index contributed by atoms with van der Waals surface area (Å²) >= 11 is 0. The molecule has 1 aromatic carbocycles. The van der Waals surface area contributed by atoms with Gasteiger partial charge in [0.2, 0.25) is 5.89 Å². The third-order valence-electron chi connectivity index (χ3n) is 7.97. The van der Waals surface area contributed by atoms with Gasteiger partial charge >= 0.3 is 0 Å². The van der Waals surface area contributed by atoms with Crippen LogP contribution in [-0.2, 0) is 17.4 Å². The predicted octanol–water partition coefficient (Wildman–Crippen LogP) is 6.04. The highest BCUT2D eigenvalue weighted by Gasteiger charge is 2.35. The number of aryl methyl sites for hydroxylation is 1. The van der Waals surface area contributed by atoms with E-state index >= 15 is 0 Å². The first-order valence-corrected chi connectivity index (χ1v) is 14.1. The second-order valence-corrected chi connectivity index (χ2v) is 12.5. The first-order valence-electron chi connectivity index (χ1n) is 14.1. The topological polar surface area (TPSA) is 127 Å². The molecule has 5 aromatic rings. The fourth-order valence-electron chi connectivity index (χ4n) is 5.79. The molecule has 1 aliphatic carbocycles. The minimum absolute atomic E-state index is 0.0586. The Labute approximate surface area is 239 Å². The lowest BCUT2D eigenvalue weighted by Crippen LogP contribution is -2.46. The minimum Gasteiger partial charge on any atom is -0.340 e. The summed E-state index contributed by atoms with van der Waals surface area (Å²) in [5.41, 5.74) is 7.12. The third-order valence-corrected chi connectivity index (χ3v) is 7.97. The number of aromatic nitrogens is 7. The molecule has 1 aliphatic rings. The van der Waals surface area contributed by atoms with E-state index in [0.717, 1.165) is 58.6 Å². The van der Waals surface area contributed by atoms with Crippen molar-refractivity contribution < 1.29 is 9.32 Å². The highest BCUT2D eigenvalue weighted by molar-refractivity contribution is 5.92. The molecule has 6 rings (SSSR count). The number of imidazole rings is 1. The van der Waals surface area contributed by atoms with Crippen LogP contribution in [0.2, 0.25) is 0 Å². The van der Waals surface area contributed by atoms with Crippen LogP contribution in [0.5, 0.6) is 0 Å². The Morgan fingerprint density at radius 1 is 1.17 bits per heavy atom. The van der Waals surface area contributed by atoms with Gasteiger partial charge in [0.15, 0.2) is 5.65 Å². The van der Waals surface area contributed by atoms with E-state index < -0.39 is 5.54 Å². The standard InChI is InChI=1S/C31H36N8O2/c1-17(2)39-18(3)22(16-33-39)25-34-24-21(12-14-32-26(24)35-25)19-10-11-23-20(15-19)9-8-13-31(23,7)37-28(40)27-36-29(41-38-27)30(4,5)6/h10-12,14-17H,8-9,13H2,1-7H3,(H,37,40)(H,32,34,35)/t31-/m0/s1. The number of amides is 1. The number of hydrogen-bond donors (Lipinski definition) is 2. The van der Waals surface area contributed by atoms with Gasteiger partial charge in [-0.15, -0.1) is 0 Å². The molecule has 0 saturated carbocycles. The molecule has 0 bridgehead atoms. The molecular formula is C31H36N8O2. The number of carbonyl (C=O) groups excluding carboxylic acids is 1. The minimum atomic E-state index is -0.547. The molecule has 4 heterocycles. The van der Waals surface area contributed by atoms with Crippen molar-refractivity contribution in [1.82, 2.24) is 40.2 Å². The van der Waals surface area contributed by atoms with E-state index in [2.05, 4.69) is 76.4 Å². The van der Waals surface area contributed by atoms with Crippen LogP contribution in [0.1, 0.15) is 93.8 Å². The summed E-state index contributed by atoms with van der Waals surface area (Å²) < 4.78 is 7.35. The van der Waals surface area contributed by atoms with E-state index in [1.807, 2.05) is 37.7 Å². The molecule has 0 fully saturated rings. The average molecular weight is 553 g/mol. The van der Waals surface area contributed by atoms with E-state index in [1.54, 1.807) is 6.20 Å². The molecule has 41 heavy (non-hydrogen) atoms. The van der Waals surface area contributed by atoms with Crippen LogP contribution in [0.3, 0.4) is 0 Å². The van der Waals surface area contributed by atoms with Gasteiger partial charge in [-0.3, -0.25) is 9.48 Å². The Bertz CT molecular complexity index is 1770. The van der Waals surface area contributed by atoms with Crippen molar-refractivity contribution in [3.8, 4) is 22.5 Å². The van der Waals surface area contributed by atoms with Crippen molar-refractivity contribution in [2.45, 2.75) is 84.7 Å². The molecule has 10 heteroatoms.